The van der Waals surface area contributed by atoms with Gasteiger partial charge in [-0.3, -0.25) is 9.52 Å². The van der Waals surface area contributed by atoms with Gasteiger partial charge in [0.15, 0.2) is 5.78 Å². The lowest BCUT2D eigenvalue weighted by atomic mass is 10.1. The summed E-state index contributed by atoms with van der Waals surface area (Å²) in [4.78, 5) is 12.3. The first-order valence-corrected chi connectivity index (χ1v) is 10.3. The van der Waals surface area contributed by atoms with E-state index in [-0.39, 0.29) is 27.7 Å². The molecule has 0 saturated carbocycles. The molecular formula is C18H19Cl2NO4S. The fourth-order valence-electron chi connectivity index (χ4n) is 2.27. The Balaban J connectivity index is 2.23. The van der Waals surface area contributed by atoms with Crippen LogP contribution in [0.4, 0.5) is 5.69 Å². The first kappa shape index (κ1) is 20.6. The van der Waals surface area contributed by atoms with Gasteiger partial charge < -0.3 is 4.74 Å². The number of unbranched alkanes of at least 4 members (excludes halogenated alkanes) is 1. The van der Waals surface area contributed by atoms with E-state index in [0.29, 0.717) is 30.2 Å². The molecule has 0 fully saturated rings. The monoisotopic (exact) mass is 415 g/mol. The van der Waals surface area contributed by atoms with E-state index in [9.17, 15) is 13.2 Å². The van der Waals surface area contributed by atoms with Crippen LogP contribution in [0.25, 0.3) is 0 Å². The van der Waals surface area contributed by atoms with Crippen molar-refractivity contribution < 1.29 is 17.9 Å². The number of hydrogen-bond acceptors (Lipinski definition) is 4. The predicted octanol–water partition coefficient (Wildman–Crippen LogP) is 4.74. The number of carbonyl (C=O) groups is 1. The van der Waals surface area contributed by atoms with Crippen LogP contribution in [0.1, 0.15) is 29.6 Å². The second-order valence-corrected chi connectivity index (χ2v) is 8.01. The predicted molar refractivity (Wildman–Crippen MR) is 104 cm³/mol. The van der Waals surface area contributed by atoms with Crippen LogP contribution in [0, 0.1) is 0 Å². The van der Waals surface area contributed by atoms with E-state index < -0.39 is 10.0 Å². The Morgan fingerprint density at radius 3 is 2.42 bits per heavy atom. The summed E-state index contributed by atoms with van der Waals surface area (Å²) in [7, 11) is -2.33. The molecular weight excluding hydrogens is 397 g/mol. The van der Waals surface area contributed by atoms with Crippen LogP contribution in [0.5, 0.6) is 5.75 Å². The van der Waals surface area contributed by atoms with Gasteiger partial charge in [-0.2, -0.15) is 0 Å². The number of methoxy groups -OCH3 is 1. The minimum Gasteiger partial charge on any atom is -0.497 e. The SMILES string of the molecule is COc1ccc(NS(=O)(=O)c2ccc(Cl)c(C(=O)CCCCCl)c2)cc1. The third-order valence-corrected chi connectivity index (χ3v) is 5.65. The zero-order valence-electron chi connectivity index (χ0n) is 14.2. The second kappa shape index (κ2) is 9.26. The molecule has 0 atom stereocenters. The molecule has 2 aromatic rings. The molecule has 0 aliphatic rings. The van der Waals surface area contributed by atoms with Gasteiger partial charge in [0, 0.05) is 23.6 Å². The molecule has 0 aromatic heterocycles. The van der Waals surface area contributed by atoms with Crippen molar-refractivity contribution in [3.05, 3.63) is 53.1 Å². The summed E-state index contributed by atoms with van der Waals surface area (Å²) in [5.41, 5.74) is 0.578. The van der Waals surface area contributed by atoms with Crippen molar-refractivity contribution in [2.75, 3.05) is 17.7 Å². The van der Waals surface area contributed by atoms with Crippen LogP contribution in [-0.4, -0.2) is 27.2 Å². The van der Waals surface area contributed by atoms with E-state index in [4.69, 9.17) is 27.9 Å². The minimum atomic E-state index is -3.85. The highest BCUT2D eigenvalue weighted by Crippen LogP contribution is 2.25. The number of ketones is 1. The van der Waals surface area contributed by atoms with E-state index >= 15 is 0 Å². The molecule has 8 heteroatoms. The molecule has 5 nitrogen and oxygen atoms in total. The number of anilines is 1. The standard InChI is InChI=1S/C18H19Cl2NO4S/c1-25-14-7-5-13(6-8-14)21-26(23,24)15-9-10-17(20)16(12-15)18(22)4-2-3-11-19/h5-10,12,21H,2-4,11H2,1H3. The van der Waals surface area contributed by atoms with E-state index in [1.54, 1.807) is 24.3 Å². The first-order valence-electron chi connectivity index (χ1n) is 7.93. The van der Waals surface area contributed by atoms with Gasteiger partial charge in [0.25, 0.3) is 10.0 Å². The molecule has 0 aliphatic heterocycles. The Hall–Kier alpha value is -1.76. The second-order valence-electron chi connectivity index (χ2n) is 5.54. The number of alkyl halides is 1. The maximum atomic E-state index is 12.6. The van der Waals surface area contributed by atoms with Gasteiger partial charge in [0.05, 0.1) is 17.0 Å². The quantitative estimate of drug-likeness (QED) is 0.364. The summed E-state index contributed by atoms with van der Waals surface area (Å²) in [6.07, 6.45) is 1.60. The van der Waals surface area contributed by atoms with E-state index in [0.717, 1.165) is 0 Å². The molecule has 0 bridgehead atoms. The van der Waals surface area contributed by atoms with Crippen LogP contribution >= 0.6 is 23.2 Å². The summed E-state index contributed by atoms with van der Waals surface area (Å²) in [6, 6.07) is 10.5. The number of sulfonamides is 1. The Bertz CT molecular complexity index is 867. The number of rotatable bonds is 9. The smallest absolute Gasteiger partial charge is 0.261 e. The summed E-state index contributed by atoms with van der Waals surface area (Å²) in [5, 5.41) is 0.226. The van der Waals surface area contributed by atoms with Crippen molar-refractivity contribution in [3.8, 4) is 5.75 Å². The summed E-state index contributed by atoms with van der Waals surface area (Å²) in [6.45, 7) is 0. The van der Waals surface area contributed by atoms with E-state index in [1.165, 1.54) is 25.3 Å². The number of Topliss-reactive ketones (excluding diaryl/α,β-unsaturated/α-hetero) is 1. The highest BCUT2D eigenvalue weighted by atomic mass is 35.5. The average Bonchev–Trinajstić information content (AvgIpc) is 2.62. The van der Waals surface area contributed by atoms with Crippen LogP contribution in [-0.2, 0) is 10.0 Å². The fraction of sp³-hybridized carbons (Fsp3) is 0.278. The highest BCUT2D eigenvalue weighted by molar-refractivity contribution is 7.92. The molecule has 140 valence electrons. The lowest BCUT2D eigenvalue weighted by Crippen LogP contribution is -2.14. The van der Waals surface area contributed by atoms with Gasteiger partial charge in [0.1, 0.15) is 5.75 Å². The molecule has 0 heterocycles. The van der Waals surface area contributed by atoms with Gasteiger partial charge >= 0.3 is 0 Å². The van der Waals surface area contributed by atoms with Gasteiger partial charge in [-0.1, -0.05) is 11.6 Å². The lowest BCUT2D eigenvalue weighted by molar-refractivity contribution is 0.0980. The molecule has 1 N–H and O–H groups in total. The van der Waals surface area contributed by atoms with Crippen LogP contribution in [0.3, 0.4) is 0 Å². The fourth-order valence-corrected chi connectivity index (χ4v) is 3.77. The number of halogens is 2. The third kappa shape index (κ3) is 5.37. The third-order valence-electron chi connectivity index (χ3n) is 3.68. The average molecular weight is 416 g/mol. The molecule has 2 rings (SSSR count). The summed E-state index contributed by atoms with van der Waals surface area (Å²) < 4.78 is 32.7. The Kier molecular flexibility index (Phi) is 7.32. The van der Waals surface area contributed by atoms with Gasteiger partial charge in [-0.25, -0.2) is 8.42 Å². The van der Waals surface area contributed by atoms with E-state index in [2.05, 4.69) is 4.72 Å². The Morgan fingerprint density at radius 1 is 1.12 bits per heavy atom. The number of benzene rings is 2. The zero-order valence-corrected chi connectivity index (χ0v) is 16.5. The molecule has 0 saturated heterocycles. The molecule has 0 unspecified atom stereocenters. The van der Waals surface area contributed by atoms with Gasteiger partial charge in [-0.15, -0.1) is 11.6 Å². The maximum absolute atomic E-state index is 12.6. The maximum Gasteiger partial charge on any atom is 0.261 e. The van der Waals surface area contributed by atoms with Crippen LogP contribution in [0.2, 0.25) is 5.02 Å². The molecule has 0 spiro atoms. The largest absolute Gasteiger partial charge is 0.497 e. The van der Waals surface area contributed by atoms with Crippen molar-refractivity contribution in [2.45, 2.75) is 24.2 Å². The molecule has 26 heavy (non-hydrogen) atoms. The van der Waals surface area contributed by atoms with Crippen molar-refractivity contribution in [1.29, 1.82) is 0 Å². The van der Waals surface area contributed by atoms with Gasteiger partial charge in [0.2, 0.25) is 0 Å². The van der Waals surface area contributed by atoms with Gasteiger partial charge in [-0.05, 0) is 55.3 Å². The summed E-state index contributed by atoms with van der Waals surface area (Å²) >= 11 is 11.7. The normalized spacial score (nSPS) is 11.2. The van der Waals surface area contributed by atoms with Crippen molar-refractivity contribution in [2.24, 2.45) is 0 Å². The summed E-state index contributed by atoms with van der Waals surface area (Å²) in [5.74, 6) is 0.882. The number of ether oxygens (including phenoxy) is 1. The number of carbonyl (C=O) groups excluding carboxylic acids is 1. The topological polar surface area (TPSA) is 72.5 Å². The molecule has 0 radical (unpaired) electrons. The molecule has 2 aromatic carbocycles. The van der Waals surface area contributed by atoms with Crippen molar-refractivity contribution in [3.63, 3.8) is 0 Å². The first-order chi connectivity index (χ1) is 12.4. The lowest BCUT2D eigenvalue weighted by Gasteiger charge is -2.11. The highest BCUT2D eigenvalue weighted by Gasteiger charge is 2.19. The van der Waals surface area contributed by atoms with E-state index in [1.807, 2.05) is 0 Å². The number of hydrogen-bond donors (Lipinski definition) is 1. The minimum absolute atomic E-state index is 0.0292. The molecule has 0 amide bonds. The van der Waals surface area contributed by atoms with Crippen molar-refractivity contribution in [1.82, 2.24) is 0 Å². The number of nitrogens with one attached hydrogen (secondary N) is 1. The molecule has 0 aliphatic carbocycles. The van der Waals surface area contributed by atoms with Crippen LogP contribution < -0.4 is 9.46 Å². The zero-order chi connectivity index (χ0) is 19.2. The Labute approximate surface area is 163 Å². The Morgan fingerprint density at radius 2 is 1.81 bits per heavy atom. The van der Waals surface area contributed by atoms with Crippen LogP contribution in [0.15, 0.2) is 47.4 Å². The van der Waals surface area contributed by atoms with Crippen molar-refractivity contribution >= 4 is 44.7 Å².